The number of ketones is 1. The average Bonchev–Trinajstić information content (AvgIpc) is 2.61. The van der Waals surface area contributed by atoms with Gasteiger partial charge in [-0.25, -0.2) is 0 Å². The van der Waals surface area contributed by atoms with Crippen molar-refractivity contribution in [3.8, 4) is 17.2 Å². The molecule has 1 aromatic rings. The van der Waals surface area contributed by atoms with Crippen molar-refractivity contribution < 1.29 is 19.4 Å². The molecule has 1 heterocycles. The molecule has 0 saturated heterocycles. The van der Waals surface area contributed by atoms with Gasteiger partial charge in [-0.2, -0.15) is 0 Å². The van der Waals surface area contributed by atoms with Crippen LogP contribution >= 0.6 is 0 Å². The van der Waals surface area contributed by atoms with Gasteiger partial charge >= 0.3 is 0 Å². The van der Waals surface area contributed by atoms with E-state index in [1.54, 1.807) is 0 Å². The Bertz CT molecular complexity index is 470. The second-order valence-corrected chi connectivity index (χ2v) is 3.81. The molecule has 0 amide bonds. The molecule has 0 spiro atoms. The van der Waals surface area contributed by atoms with Gasteiger partial charge in [0.05, 0.1) is 5.56 Å². The van der Waals surface area contributed by atoms with Gasteiger partial charge in [0, 0.05) is 6.07 Å². The minimum atomic E-state index is -0.240. The number of phenolic OH excluding ortho intramolecular Hbond substituents is 1. The Hall–Kier alpha value is -1.97. The normalized spacial score (nSPS) is 12.4. The summed E-state index contributed by atoms with van der Waals surface area (Å²) in [5, 5.41) is 9.67. The second-order valence-electron chi connectivity index (χ2n) is 3.81. The van der Waals surface area contributed by atoms with Crippen LogP contribution in [0.4, 0.5) is 0 Å². The number of phenols is 1. The molecular formula is C12H12O4. The molecule has 1 aliphatic heterocycles. The van der Waals surface area contributed by atoms with E-state index in [1.807, 2.05) is 13.8 Å². The van der Waals surface area contributed by atoms with Gasteiger partial charge in [-0.3, -0.25) is 4.79 Å². The number of carbonyl (C=O) groups is 1. The Balaban J connectivity index is 2.42. The lowest BCUT2D eigenvalue weighted by atomic mass is 10.1. The van der Waals surface area contributed by atoms with Crippen LogP contribution in [0, 0.1) is 0 Å². The third kappa shape index (κ3) is 1.86. The van der Waals surface area contributed by atoms with Crippen LogP contribution in [-0.2, 0) is 0 Å². The fraction of sp³-hybridized carbons (Fsp3) is 0.250. The lowest BCUT2D eigenvalue weighted by Crippen LogP contribution is -1.96. The molecule has 1 N–H and O–H groups in total. The van der Waals surface area contributed by atoms with Gasteiger partial charge < -0.3 is 14.6 Å². The minimum Gasteiger partial charge on any atom is -0.507 e. The van der Waals surface area contributed by atoms with Crippen LogP contribution in [-0.4, -0.2) is 17.7 Å². The zero-order chi connectivity index (χ0) is 11.7. The molecule has 0 fully saturated rings. The van der Waals surface area contributed by atoms with Crippen molar-refractivity contribution in [3.05, 3.63) is 29.3 Å². The Morgan fingerprint density at radius 1 is 1.31 bits per heavy atom. The van der Waals surface area contributed by atoms with E-state index in [2.05, 4.69) is 0 Å². The maximum absolute atomic E-state index is 11.7. The minimum absolute atomic E-state index is 0.0910. The summed E-state index contributed by atoms with van der Waals surface area (Å²) < 4.78 is 10.2. The van der Waals surface area contributed by atoms with Gasteiger partial charge in [-0.15, -0.1) is 0 Å². The van der Waals surface area contributed by atoms with Crippen LogP contribution < -0.4 is 9.47 Å². The molecule has 4 heteroatoms. The quantitative estimate of drug-likeness (QED) is 0.613. The van der Waals surface area contributed by atoms with Crippen molar-refractivity contribution in [1.82, 2.24) is 0 Å². The number of benzene rings is 1. The van der Waals surface area contributed by atoms with Crippen molar-refractivity contribution in [1.29, 1.82) is 0 Å². The first-order valence-corrected chi connectivity index (χ1v) is 4.90. The van der Waals surface area contributed by atoms with Gasteiger partial charge in [-0.1, -0.05) is 5.57 Å². The third-order valence-corrected chi connectivity index (χ3v) is 2.18. The summed E-state index contributed by atoms with van der Waals surface area (Å²) in [5.74, 6) is 0.622. The molecule has 0 aromatic heterocycles. The Morgan fingerprint density at radius 2 is 1.94 bits per heavy atom. The van der Waals surface area contributed by atoms with Gasteiger partial charge in [0.25, 0.3) is 0 Å². The van der Waals surface area contributed by atoms with Crippen LogP contribution in [0.3, 0.4) is 0 Å². The molecule has 0 radical (unpaired) electrons. The van der Waals surface area contributed by atoms with E-state index in [4.69, 9.17) is 9.47 Å². The summed E-state index contributed by atoms with van der Waals surface area (Å²) in [6.45, 7) is 3.76. The van der Waals surface area contributed by atoms with Crippen LogP contribution in [0.1, 0.15) is 24.2 Å². The first-order valence-electron chi connectivity index (χ1n) is 4.90. The van der Waals surface area contributed by atoms with E-state index >= 15 is 0 Å². The zero-order valence-electron chi connectivity index (χ0n) is 9.11. The summed E-state index contributed by atoms with van der Waals surface area (Å²) in [4.78, 5) is 11.7. The van der Waals surface area contributed by atoms with Crippen LogP contribution in [0.2, 0.25) is 0 Å². The van der Waals surface area contributed by atoms with Crippen molar-refractivity contribution in [3.63, 3.8) is 0 Å². The number of aromatic hydroxyl groups is 1. The standard InChI is InChI=1S/C12H12O4/c1-7(2)3-9(13)8-4-11-12(5-10(8)14)16-6-15-11/h3-5,14H,6H2,1-2H3. The predicted octanol–water partition coefficient (Wildman–Crippen LogP) is 2.27. The largest absolute Gasteiger partial charge is 0.507 e. The highest BCUT2D eigenvalue weighted by molar-refractivity contribution is 6.07. The van der Waals surface area contributed by atoms with Gasteiger partial charge in [0.2, 0.25) is 6.79 Å². The lowest BCUT2D eigenvalue weighted by molar-refractivity contribution is 0.104. The number of hydrogen-bond donors (Lipinski definition) is 1. The SMILES string of the molecule is CC(C)=CC(=O)c1cc2c(cc1O)OCO2. The van der Waals surface area contributed by atoms with Gasteiger partial charge in [0.1, 0.15) is 5.75 Å². The Labute approximate surface area is 93.1 Å². The molecule has 0 bridgehead atoms. The molecule has 1 aromatic carbocycles. The topological polar surface area (TPSA) is 55.8 Å². The van der Waals surface area contributed by atoms with E-state index in [0.717, 1.165) is 5.57 Å². The highest BCUT2D eigenvalue weighted by Gasteiger charge is 2.19. The summed E-state index contributed by atoms with van der Waals surface area (Å²) >= 11 is 0. The number of allylic oxidation sites excluding steroid dienone is 2. The maximum Gasteiger partial charge on any atom is 0.231 e. The molecule has 16 heavy (non-hydrogen) atoms. The molecule has 84 valence electrons. The van der Waals surface area contributed by atoms with Crippen molar-refractivity contribution in [2.75, 3.05) is 6.79 Å². The predicted molar refractivity (Wildman–Crippen MR) is 58.0 cm³/mol. The van der Waals surface area contributed by atoms with Crippen molar-refractivity contribution >= 4 is 5.78 Å². The highest BCUT2D eigenvalue weighted by Crippen LogP contribution is 2.37. The molecule has 0 aliphatic carbocycles. The summed E-state index contributed by atoms with van der Waals surface area (Å²) in [6.07, 6.45) is 1.47. The van der Waals surface area contributed by atoms with Crippen LogP contribution in [0.25, 0.3) is 0 Å². The zero-order valence-corrected chi connectivity index (χ0v) is 9.11. The molecular weight excluding hydrogens is 208 g/mol. The summed E-state index contributed by atoms with van der Waals surface area (Å²) in [6, 6.07) is 2.90. The molecule has 1 aliphatic rings. The highest BCUT2D eigenvalue weighted by atomic mass is 16.7. The van der Waals surface area contributed by atoms with E-state index in [-0.39, 0.29) is 23.9 Å². The van der Waals surface area contributed by atoms with Gasteiger partial charge in [-0.05, 0) is 26.0 Å². The summed E-state index contributed by atoms with van der Waals surface area (Å²) in [7, 11) is 0. The Kier molecular flexibility index (Phi) is 2.56. The monoisotopic (exact) mass is 220 g/mol. The van der Waals surface area contributed by atoms with E-state index < -0.39 is 0 Å². The van der Waals surface area contributed by atoms with Gasteiger partial charge in [0.15, 0.2) is 17.3 Å². The average molecular weight is 220 g/mol. The molecule has 0 unspecified atom stereocenters. The first kappa shape index (κ1) is 10.5. The molecule has 2 rings (SSSR count). The maximum atomic E-state index is 11.7. The molecule has 0 atom stereocenters. The molecule has 4 nitrogen and oxygen atoms in total. The molecule has 0 saturated carbocycles. The number of fused-ring (bicyclic) bond motifs is 1. The fourth-order valence-corrected chi connectivity index (χ4v) is 1.47. The second kappa shape index (κ2) is 3.89. The number of carbonyl (C=O) groups excluding carboxylic acids is 1. The number of hydrogen-bond acceptors (Lipinski definition) is 4. The first-order chi connectivity index (χ1) is 7.58. The van der Waals surface area contributed by atoms with Crippen LogP contribution in [0.5, 0.6) is 17.2 Å². The van der Waals surface area contributed by atoms with Crippen molar-refractivity contribution in [2.45, 2.75) is 13.8 Å². The Morgan fingerprint density at radius 3 is 2.56 bits per heavy atom. The summed E-state index contributed by atoms with van der Waals surface area (Å²) in [5.41, 5.74) is 1.10. The smallest absolute Gasteiger partial charge is 0.231 e. The van der Waals surface area contributed by atoms with Crippen molar-refractivity contribution in [2.24, 2.45) is 0 Å². The van der Waals surface area contributed by atoms with E-state index in [1.165, 1.54) is 18.2 Å². The fourth-order valence-electron chi connectivity index (χ4n) is 1.47. The lowest BCUT2D eigenvalue weighted by Gasteiger charge is -2.03. The number of ether oxygens (including phenoxy) is 2. The van der Waals surface area contributed by atoms with E-state index in [9.17, 15) is 9.90 Å². The number of rotatable bonds is 2. The third-order valence-electron chi connectivity index (χ3n) is 2.18. The van der Waals surface area contributed by atoms with Crippen LogP contribution in [0.15, 0.2) is 23.8 Å². The van der Waals surface area contributed by atoms with E-state index in [0.29, 0.717) is 11.5 Å².